The Kier molecular flexibility index (Phi) is 3.97. The van der Waals surface area contributed by atoms with Crippen LogP contribution in [0.3, 0.4) is 0 Å². The lowest BCUT2D eigenvalue weighted by molar-refractivity contribution is -0.385. The van der Waals surface area contributed by atoms with Gasteiger partial charge in [-0.05, 0) is 41.2 Å². The molecule has 138 valence electrons. The number of nitro groups is 1. The third kappa shape index (κ3) is 2.69. The van der Waals surface area contributed by atoms with Crippen LogP contribution in [0.4, 0.5) is 11.4 Å². The molecule has 3 aromatic rings. The first kappa shape index (κ1) is 16.8. The van der Waals surface area contributed by atoms with Crippen LogP contribution in [0.1, 0.15) is 29.5 Å². The molecule has 0 saturated heterocycles. The van der Waals surface area contributed by atoms with E-state index in [2.05, 4.69) is 59.9 Å². The zero-order valence-electron chi connectivity index (χ0n) is 15.3. The molecular weight excluding hydrogens is 348 g/mol. The number of hydrogen-bond donors (Lipinski definition) is 1. The fraction of sp³-hybridized carbons (Fsp3) is 0.167. The van der Waals surface area contributed by atoms with Crippen LogP contribution >= 0.6 is 0 Å². The van der Waals surface area contributed by atoms with Gasteiger partial charge in [0.25, 0.3) is 5.69 Å². The van der Waals surface area contributed by atoms with Gasteiger partial charge >= 0.3 is 0 Å². The number of nitro benzene ring substituents is 1. The molecule has 0 radical (unpaired) electrons. The van der Waals surface area contributed by atoms with Gasteiger partial charge in [-0.15, -0.1) is 0 Å². The summed E-state index contributed by atoms with van der Waals surface area (Å²) in [6.45, 7) is 0. The van der Waals surface area contributed by atoms with Gasteiger partial charge in [-0.3, -0.25) is 10.1 Å². The summed E-state index contributed by atoms with van der Waals surface area (Å²) >= 11 is 0. The minimum Gasteiger partial charge on any atom is -0.377 e. The Balaban J connectivity index is 1.59. The van der Waals surface area contributed by atoms with Gasteiger partial charge in [0.2, 0.25) is 0 Å². The van der Waals surface area contributed by atoms with E-state index < -0.39 is 0 Å². The molecule has 0 spiro atoms. The topological polar surface area (TPSA) is 55.2 Å². The predicted molar refractivity (Wildman–Crippen MR) is 111 cm³/mol. The standard InChI is InChI=1S/C24H20N2O2/c27-26(28)23-12-5-4-9-20(23)24-19-11-6-10-18(19)21-15-17(13-14-22(21)25-24)16-7-2-1-3-8-16/h1-10,12-15,18-19,24-25H,11H2/t18-,19-,24+/m0/s1. The van der Waals surface area contributed by atoms with Gasteiger partial charge in [-0.1, -0.05) is 66.7 Å². The molecule has 0 bridgehead atoms. The van der Waals surface area contributed by atoms with Gasteiger partial charge in [0.05, 0.1) is 16.5 Å². The zero-order valence-corrected chi connectivity index (χ0v) is 15.3. The molecule has 1 N–H and O–H groups in total. The fourth-order valence-electron chi connectivity index (χ4n) is 4.63. The van der Waals surface area contributed by atoms with Crippen LogP contribution in [0.15, 0.2) is 84.9 Å². The summed E-state index contributed by atoms with van der Waals surface area (Å²) in [5, 5.41) is 15.2. The highest BCUT2D eigenvalue weighted by Crippen LogP contribution is 2.51. The van der Waals surface area contributed by atoms with E-state index in [0.29, 0.717) is 0 Å². The highest BCUT2D eigenvalue weighted by atomic mass is 16.6. The predicted octanol–water partition coefficient (Wildman–Crippen LogP) is 6.09. The zero-order chi connectivity index (χ0) is 19.1. The molecule has 1 heterocycles. The van der Waals surface area contributed by atoms with Crippen LogP contribution in [-0.2, 0) is 0 Å². The second-order valence-corrected chi connectivity index (χ2v) is 7.46. The largest absolute Gasteiger partial charge is 0.377 e. The van der Waals surface area contributed by atoms with Crippen molar-refractivity contribution in [3.63, 3.8) is 0 Å². The van der Waals surface area contributed by atoms with E-state index in [1.54, 1.807) is 12.1 Å². The summed E-state index contributed by atoms with van der Waals surface area (Å²) in [5.74, 6) is 0.546. The molecule has 2 aliphatic rings. The van der Waals surface area contributed by atoms with Crippen molar-refractivity contribution in [2.45, 2.75) is 18.4 Å². The smallest absolute Gasteiger partial charge is 0.274 e. The molecule has 3 atom stereocenters. The number of allylic oxidation sites excluding steroid dienone is 2. The maximum atomic E-state index is 11.6. The molecule has 0 aromatic heterocycles. The molecule has 5 rings (SSSR count). The van der Waals surface area contributed by atoms with Crippen molar-refractivity contribution in [3.8, 4) is 11.1 Å². The van der Waals surface area contributed by atoms with E-state index in [9.17, 15) is 10.1 Å². The van der Waals surface area contributed by atoms with E-state index in [4.69, 9.17) is 0 Å². The summed E-state index contributed by atoms with van der Waals surface area (Å²) in [6.07, 6.45) is 5.40. The molecule has 4 heteroatoms. The number of anilines is 1. The lowest BCUT2D eigenvalue weighted by Gasteiger charge is -2.37. The fourth-order valence-corrected chi connectivity index (χ4v) is 4.63. The summed E-state index contributed by atoms with van der Waals surface area (Å²) in [5.41, 5.74) is 5.69. The molecule has 0 saturated carbocycles. The van der Waals surface area contributed by atoms with Gasteiger partial charge in [-0.2, -0.15) is 0 Å². The van der Waals surface area contributed by atoms with Crippen molar-refractivity contribution in [1.82, 2.24) is 0 Å². The number of hydrogen-bond acceptors (Lipinski definition) is 3. The average molecular weight is 368 g/mol. The van der Waals surface area contributed by atoms with Gasteiger partial charge < -0.3 is 5.32 Å². The Bertz CT molecular complexity index is 1070. The lowest BCUT2D eigenvalue weighted by atomic mass is 9.76. The molecule has 0 unspecified atom stereocenters. The Morgan fingerprint density at radius 2 is 1.68 bits per heavy atom. The average Bonchev–Trinajstić information content (AvgIpc) is 3.24. The van der Waals surface area contributed by atoms with Crippen LogP contribution in [0, 0.1) is 16.0 Å². The Hall–Kier alpha value is -3.40. The first-order valence-electron chi connectivity index (χ1n) is 9.58. The molecule has 1 aliphatic carbocycles. The van der Waals surface area contributed by atoms with Gasteiger partial charge in [-0.25, -0.2) is 0 Å². The summed E-state index contributed by atoms with van der Waals surface area (Å²) in [7, 11) is 0. The van der Waals surface area contributed by atoms with Gasteiger partial charge in [0, 0.05) is 17.7 Å². The first-order valence-corrected chi connectivity index (χ1v) is 9.58. The van der Waals surface area contributed by atoms with Crippen LogP contribution in [0.5, 0.6) is 0 Å². The maximum absolute atomic E-state index is 11.6. The maximum Gasteiger partial charge on any atom is 0.274 e. The van der Waals surface area contributed by atoms with E-state index in [-0.39, 0.29) is 28.5 Å². The van der Waals surface area contributed by atoms with Crippen molar-refractivity contribution in [2.24, 2.45) is 5.92 Å². The molecule has 0 fully saturated rings. The second kappa shape index (κ2) is 6.64. The quantitative estimate of drug-likeness (QED) is 0.346. The van der Waals surface area contributed by atoms with Crippen LogP contribution in [0.25, 0.3) is 11.1 Å². The molecule has 3 aromatic carbocycles. The highest BCUT2D eigenvalue weighted by Gasteiger charge is 2.40. The molecule has 0 amide bonds. The normalized spacial score (nSPS) is 22.2. The third-order valence-electron chi connectivity index (χ3n) is 5.94. The van der Waals surface area contributed by atoms with Crippen molar-refractivity contribution in [2.75, 3.05) is 5.32 Å². The lowest BCUT2D eigenvalue weighted by Crippen LogP contribution is -2.29. The third-order valence-corrected chi connectivity index (χ3v) is 5.94. The van der Waals surface area contributed by atoms with Crippen molar-refractivity contribution >= 4 is 11.4 Å². The highest BCUT2D eigenvalue weighted by molar-refractivity contribution is 5.71. The molecule has 28 heavy (non-hydrogen) atoms. The first-order chi connectivity index (χ1) is 13.7. The minimum atomic E-state index is -0.275. The Morgan fingerprint density at radius 3 is 2.50 bits per heavy atom. The van der Waals surface area contributed by atoms with Crippen molar-refractivity contribution in [1.29, 1.82) is 0 Å². The number of rotatable bonds is 3. The second-order valence-electron chi connectivity index (χ2n) is 7.46. The number of benzene rings is 3. The van der Waals surface area contributed by atoms with Crippen LogP contribution in [0.2, 0.25) is 0 Å². The number of fused-ring (bicyclic) bond motifs is 3. The SMILES string of the molecule is O=[N+]([O-])c1ccccc1[C@@H]1Nc2ccc(-c3ccccc3)cc2[C@H]2C=CC[C@@H]21. The van der Waals surface area contributed by atoms with Crippen LogP contribution in [-0.4, -0.2) is 4.92 Å². The Labute approximate surface area is 163 Å². The minimum absolute atomic E-state index is 0.0725. The van der Waals surface area contributed by atoms with E-state index in [1.807, 2.05) is 18.2 Å². The summed E-state index contributed by atoms with van der Waals surface area (Å²) in [4.78, 5) is 11.3. The molecule has 4 nitrogen and oxygen atoms in total. The number of nitrogens with one attached hydrogen (secondary N) is 1. The van der Waals surface area contributed by atoms with E-state index in [1.165, 1.54) is 16.7 Å². The number of nitrogens with zero attached hydrogens (tertiary/aromatic N) is 1. The summed E-state index contributed by atoms with van der Waals surface area (Å²) in [6, 6.07) is 23.9. The van der Waals surface area contributed by atoms with E-state index >= 15 is 0 Å². The molecular formula is C24H20N2O2. The van der Waals surface area contributed by atoms with Gasteiger partial charge in [0.1, 0.15) is 0 Å². The van der Waals surface area contributed by atoms with Gasteiger partial charge in [0.15, 0.2) is 0 Å². The Morgan fingerprint density at radius 1 is 0.893 bits per heavy atom. The van der Waals surface area contributed by atoms with Crippen molar-refractivity contribution in [3.05, 3.63) is 106 Å². The van der Waals surface area contributed by atoms with Crippen LogP contribution < -0.4 is 5.32 Å². The summed E-state index contributed by atoms with van der Waals surface area (Å²) < 4.78 is 0. The number of para-hydroxylation sites is 1. The molecule has 1 aliphatic heterocycles. The van der Waals surface area contributed by atoms with E-state index in [0.717, 1.165) is 17.7 Å². The monoisotopic (exact) mass is 368 g/mol. The van der Waals surface area contributed by atoms with Crippen molar-refractivity contribution < 1.29 is 4.92 Å².